The van der Waals surface area contributed by atoms with Crippen molar-refractivity contribution in [2.75, 3.05) is 11.4 Å². The van der Waals surface area contributed by atoms with Gasteiger partial charge in [0, 0.05) is 36.0 Å². The molecule has 2 aromatic carbocycles. The number of nitro benzene ring substituents is 1. The van der Waals surface area contributed by atoms with Crippen LogP contribution in [0.25, 0.3) is 17.4 Å². The maximum atomic E-state index is 13.0. The third kappa shape index (κ3) is 5.03. The number of anilines is 1. The lowest BCUT2D eigenvalue weighted by molar-refractivity contribution is -0.384. The second kappa shape index (κ2) is 9.68. The zero-order valence-corrected chi connectivity index (χ0v) is 16.3. The van der Waals surface area contributed by atoms with Gasteiger partial charge in [-0.05, 0) is 24.3 Å². The highest BCUT2D eigenvalue weighted by molar-refractivity contribution is 6.11. The Balaban J connectivity index is 1.90. The number of rotatable bonds is 7. The molecule has 0 unspecified atom stereocenters. The van der Waals surface area contributed by atoms with E-state index in [4.69, 9.17) is 9.68 Å². The number of nitrogens with zero attached hydrogens (tertiary/aromatic N) is 4. The van der Waals surface area contributed by atoms with Crippen molar-refractivity contribution in [3.8, 4) is 23.5 Å². The molecule has 3 aromatic rings. The fourth-order valence-electron chi connectivity index (χ4n) is 2.91. The lowest BCUT2D eigenvalue weighted by Gasteiger charge is -2.21. The SMILES string of the molecule is N#CCCN(C(=O)C(C#N)=Cc1ccc(-c2cccc([N+](=O)[O-])c2)o1)c1ccccc1. The van der Waals surface area contributed by atoms with Crippen molar-refractivity contribution < 1.29 is 14.1 Å². The van der Waals surface area contributed by atoms with Crippen molar-refractivity contribution in [2.45, 2.75) is 6.42 Å². The maximum absolute atomic E-state index is 13.0. The van der Waals surface area contributed by atoms with Gasteiger partial charge in [0.1, 0.15) is 23.2 Å². The van der Waals surface area contributed by atoms with Gasteiger partial charge in [-0.15, -0.1) is 0 Å². The molecule has 0 aliphatic heterocycles. The summed E-state index contributed by atoms with van der Waals surface area (Å²) in [5, 5.41) is 29.4. The van der Waals surface area contributed by atoms with Crippen LogP contribution in [0.15, 0.2) is 76.7 Å². The predicted octanol–water partition coefficient (Wildman–Crippen LogP) is 4.71. The first-order valence-electron chi connectivity index (χ1n) is 9.24. The fourth-order valence-corrected chi connectivity index (χ4v) is 2.91. The molecule has 0 bridgehead atoms. The molecule has 0 spiro atoms. The van der Waals surface area contributed by atoms with E-state index in [1.165, 1.54) is 23.1 Å². The van der Waals surface area contributed by atoms with Crippen molar-refractivity contribution >= 4 is 23.4 Å². The summed E-state index contributed by atoms with van der Waals surface area (Å²) in [5.74, 6) is 0.0565. The number of amides is 1. The molecule has 0 atom stereocenters. The molecule has 1 amide bonds. The van der Waals surface area contributed by atoms with Gasteiger partial charge in [0.05, 0.1) is 17.4 Å². The normalized spacial score (nSPS) is 10.7. The number of para-hydroxylation sites is 1. The van der Waals surface area contributed by atoms with Gasteiger partial charge < -0.3 is 9.32 Å². The molecule has 0 N–H and O–H groups in total. The Morgan fingerprint density at radius 1 is 1.10 bits per heavy atom. The Morgan fingerprint density at radius 2 is 1.87 bits per heavy atom. The topological polar surface area (TPSA) is 124 Å². The standard InChI is InChI=1S/C23H16N4O4/c24-12-5-13-26(19-7-2-1-3-8-19)23(28)18(16-25)15-21-10-11-22(31-21)17-6-4-9-20(14-17)27(29)30/h1-4,6-11,14-15H,5,13H2. The van der Waals surface area contributed by atoms with Crippen molar-refractivity contribution in [2.24, 2.45) is 0 Å². The second-order valence-corrected chi connectivity index (χ2v) is 6.38. The molecule has 0 aliphatic rings. The molecule has 8 heteroatoms. The molecule has 0 radical (unpaired) electrons. The maximum Gasteiger partial charge on any atom is 0.270 e. The number of nitro groups is 1. The largest absolute Gasteiger partial charge is 0.457 e. The Bertz CT molecular complexity index is 1220. The average molecular weight is 412 g/mol. The van der Waals surface area contributed by atoms with E-state index in [9.17, 15) is 20.2 Å². The molecular formula is C23H16N4O4. The monoisotopic (exact) mass is 412 g/mol. The number of hydrogen-bond acceptors (Lipinski definition) is 6. The third-order valence-electron chi connectivity index (χ3n) is 4.37. The van der Waals surface area contributed by atoms with Crippen LogP contribution < -0.4 is 4.90 Å². The van der Waals surface area contributed by atoms with Crippen LogP contribution in [0.2, 0.25) is 0 Å². The van der Waals surface area contributed by atoms with Crippen LogP contribution in [-0.4, -0.2) is 17.4 Å². The van der Waals surface area contributed by atoms with Gasteiger partial charge in [-0.25, -0.2) is 0 Å². The zero-order valence-electron chi connectivity index (χ0n) is 16.3. The predicted molar refractivity (Wildman–Crippen MR) is 113 cm³/mol. The number of benzene rings is 2. The zero-order chi connectivity index (χ0) is 22.2. The van der Waals surface area contributed by atoms with E-state index < -0.39 is 10.8 Å². The number of nitriles is 2. The fraction of sp³-hybridized carbons (Fsp3) is 0.0870. The van der Waals surface area contributed by atoms with E-state index in [0.29, 0.717) is 17.0 Å². The molecule has 1 heterocycles. The summed E-state index contributed by atoms with van der Waals surface area (Å²) in [4.78, 5) is 24.8. The Morgan fingerprint density at radius 3 is 2.55 bits per heavy atom. The molecule has 31 heavy (non-hydrogen) atoms. The molecular weight excluding hydrogens is 396 g/mol. The number of carbonyl (C=O) groups is 1. The summed E-state index contributed by atoms with van der Waals surface area (Å²) in [7, 11) is 0. The first-order valence-corrected chi connectivity index (χ1v) is 9.24. The van der Waals surface area contributed by atoms with E-state index in [1.54, 1.807) is 54.6 Å². The van der Waals surface area contributed by atoms with Gasteiger partial charge in [-0.3, -0.25) is 14.9 Å². The summed E-state index contributed by atoms with van der Waals surface area (Å²) in [6, 6.07) is 21.8. The lowest BCUT2D eigenvalue weighted by atomic mass is 10.1. The highest BCUT2D eigenvalue weighted by Crippen LogP contribution is 2.27. The number of furan rings is 1. The van der Waals surface area contributed by atoms with E-state index in [0.717, 1.165) is 0 Å². The van der Waals surface area contributed by atoms with E-state index in [2.05, 4.69) is 0 Å². The first kappa shape index (κ1) is 21.0. The van der Waals surface area contributed by atoms with Gasteiger partial charge in [0.25, 0.3) is 11.6 Å². The number of carbonyl (C=O) groups excluding carboxylic acids is 1. The Labute approximate surface area is 178 Å². The Kier molecular flexibility index (Phi) is 6.57. The van der Waals surface area contributed by atoms with E-state index >= 15 is 0 Å². The van der Waals surface area contributed by atoms with Crippen LogP contribution in [0.5, 0.6) is 0 Å². The highest BCUT2D eigenvalue weighted by Gasteiger charge is 2.20. The van der Waals surface area contributed by atoms with Crippen molar-refractivity contribution in [3.05, 3.63) is 88.2 Å². The van der Waals surface area contributed by atoms with E-state index in [-0.39, 0.29) is 30.0 Å². The van der Waals surface area contributed by atoms with Crippen molar-refractivity contribution in [1.29, 1.82) is 10.5 Å². The van der Waals surface area contributed by atoms with Crippen LogP contribution in [0.3, 0.4) is 0 Å². The van der Waals surface area contributed by atoms with Crippen LogP contribution in [0.4, 0.5) is 11.4 Å². The highest BCUT2D eigenvalue weighted by atomic mass is 16.6. The minimum atomic E-state index is -0.558. The van der Waals surface area contributed by atoms with Crippen molar-refractivity contribution in [3.63, 3.8) is 0 Å². The molecule has 3 rings (SSSR count). The second-order valence-electron chi connectivity index (χ2n) is 6.38. The summed E-state index contributed by atoms with van der Waals surface area (Å²) in [5.41, 5.74) is 0.830. The van der Waals surface area contributed by atoms with Crippen LogP contribution >= 0.6 is 0 Å². The van der Waals surface area contributed by atoms with Gasteiger partial charge in [0.2, 0.25) is 0 Å². The summed E-state index contributed by atoms with van der Waals surface area (Å²) in [6.45, 7) is 0.134. The summed E-state index contributed by atoms with van der Waals surface area (Å²) >= 11 is 0. The number of hydrogen-bond donors (Lipinski definition) is 0. The third-order valence-corrected chi connectivity index (χ3v) is 4.37. The van der Waals surface area contributed by atoms with E-state index in [1.807, 2.05) is 12.1 Å². The van der Waals surface area contributed by atoms with Crippen LogP contribution in [0, 0.1) is 32.8 Å². The Hall–Kier alpha value is -4.69. The molecule has 8 nitrogen and oxygen atoms in total. The van der Waals surface area contributed by atoms with Gasteiger partial charge in [-0.1, -0.05) is 30.3 Å². The molecule has 0 saturated heterocycles. The van der Waals surface area contributed by atoms with Crippen molar-refractivity contribution in [1.82, 2.24) is 0 Å². The smallest absolute Gasteiger partial charge is 0.270 e. The molecule has 0 aliphatic carbocycles. The summed E-state index contributed by atoms with van der Waals surface area (Å²) < 4.78 is 5.68. The first-order chi connectivity index (χ1) is 15.0. The van der Waals surface area contributed by atoms with Gasteiger partial charge in [0.15, 0.2) is 0 Å². The van der Waals surface area contributed by atoms with Crippen LogP contribution in [0.1, 0.15) is 12.2 Å². The van der Waals surface area contributed by atoms with Gasteiger partial charge in [-0.2, -0.15) is 10.5 Å². The summed E-state index contributed by atoms with van der Waals surface area (Å²) in [6.07, 6.45) is 1.42. The minimum absolute atomic E-state index is 0.0742. The molecule has 0 saturated carbocycles. The lowest BCUT2D eigenvalue weighted by Crippen LogP contribution is -2.32. The molecule has 1 aromatic heterocycles. The molecule has 0 fully saturated rings. The molecule has 152 valence electrons. The van der Waals surface area contributed by atoms with Crippen LogP contribution in [-0.2, 0) is 4.79 Å². The average Bonchev–Trinajstić information content (AvgIpc) is 3.27. The van der Waals surface area contributed by atoms with Gasteiger partial charge >= 0.3 is 0 Å². The number of non-ortho nitro benzene ring substituents is 1. The minimum Gasteiger partial charge on any atom is -0.457 e. The quantitative estimate of drug-likeness (QED) is 0.239.